The molecule has 192 valence electrons. The number of aromatic nitrogens is 5. The SMILES string of the molecule is CC(=Cc1cn(C(C)C(=O)NCCc2ccccc2)c2cccc(OCc3ccccc3)c12)c1nn[nH]n1. The molecular formula is C30H30N6O2. The Labute approximate surface area is 221 Å². The Morgan fingerprint density at radius 3 is 2.47 bits per heavy atom. The first kappa shape index (κ1) is 25.0. The predicted octanol–water partition coefficient (Wildman–Crippen LogP) is 5.21. The number of hydrogen-bond donors (Lipinski definition) is 2. The highest BCUT2D eigenvalue weighted by atomic mass is 16.5. The Morgan fingerprint density at radius 2 is 1.76 bits per heavy atom. The number of rotatable bonds is 10. The summed E-state index contributed by atoms with van der Waals surface area (Å²) in [6.45, 7) is 4.85. The molecule has 0 fully saturated rings. The van der Waals surface area contributed by atoms with Gasteiger partial charge in [-0.05, 0) is 60.4 Å². The van der Waals surface area contributed by atoms with Crippen molar-refractivity contribution in [1.82, 2.24) is 30.5 Å². The van der Waals surface area contributed by atoms with Crippen LogP contribution in [0.5, 0.6) is 5.75 Å². The zero-order chi connectivity index (χ0) is 26.3. The maximum atomic E-state index is 13.2. The van der Waals surface area contributed by atoms with Crippen LogP contribution in [0.25, 0.3) is 22.6 Å². The average molecular weight is 507 g/mol. The molecule has 3 aromatic carbocycles. The summed E-state index contributed by atoms with van der Waals surface area (Å²) in [5, 5.41) is 18.4. The van der Waals surface area contributed by atoms with Crippen molar-refractivity contribution in [3.8, 4) is 5.75 Å². The minimum Gasteiger partial charge on any atom is -0.488 e. The number of carbonyl (C=O) groups excluding carboxylic acids is 1. The molecule has 8 nitrogen and oxygen atoms in total. The van der Waals surface area contributed by atoms with Gasteiger partial charge in [0.25, 0.3) is 0 Å². The number of nitrogens with one attached hydrogen (secondary N) is 2. The molecular weight excluding hydrogens is 476 g/mol. The summed E-state index contributed by atoms with van der Waals surface area (Å²) in [6.07, 6.45) is 4.77. The van der Waals surface area contributed by atoms with Crippen molar-refractivity contribution in [2.24, 2.45) is 0 Å². The molecule has 2 heterocycles. The molecule has 0 spiro atoms. The van der Waals surface area contributed by atoms with Crippen molar-refractivity contribution in [2.45, 2.75) is 32.9 Å². The summed E-state index contributed by atoms with van der Waals surface area (Å²) in [5.74, 6) is 1.22. The first-order chi connectivity index (χ1) is 18.6. The van der Waals surface area contributed by atoms with Gasteiger partial charge >= 0.3 is 0 Å². The Bertz CT molecular complexity index is 1530. The molecule has 0 aliphatic carbocycles. The molecule has 2 N–H and O–H groups in total. The van der Waals surface area contributed by atoms with E-state index in [0.717, 1.165) is 39.8 Å². The minimum atomic E-state index is -0.426. The molecule has 5 aromatic rings. The monoisotopic (exact) mass is 506 g/mol. The van der Waals surface area contributed by atoms with Crippen LogP contribution in [-0.4, -0.2) is 37.6 Å². The third-order valence-electron chi connectivity index (χ3n) is 6.51. The number of ether oxygens (including phenoxy) is 1. The third-order valence-corrected chi connectivity index (χ3v) is 6.51. The molecule has 0 aliphatic heterocycles. The lowest BCUT2D eigenvalue weighted by Gasteiger charge is -2.16. The van der Waals surface area contributed by atoms with Crippen molar-refractivity contribution in [2.75, 3.05) is 6.54 Å². The molecule has 1 unspecified atom stereocenters. The maximum absolute atomic E-state index is 13.2. The van der Waals surface area contributed by atoms with Gasteiger partial charge < -0.3 is 14.6 Å². The highest BCUT2D eigenvalue weighted by Gasteiger charge is 2.21. The molecule has 38 heavy (non-hydrogen) atoms. The highest BCUT2D eigenvalue weighted by molar-refractivity contribution is 5.98. The second-order valence-corrected chi connectivity index (χ2v) is 9.18. The number of fused-ring (bicyclic) bond motifs is 1. The number of allylic oxidation sites excluding steroid dienone is 1. The Kier molecular flexibility index (Phi) is 7.59. The van der Waals surface area contributed by atoms with Crippen molar-refractivity contribution in [3.63, 3.8) is 0 Å². The van der Waals surface area contributed by atoms with E-state index < -0.39 is 6.04 Å². The second-order valence-electron chi connectivity index (χ2n) is 9.18. The van der Waals surface area contributed by atoms with Crippen LogP contribution in [0.2, 0.25) is 0 Å². The van der Waals surface area contributed by atoms with Crippen LogP contribution in [0.3, 0.4) is 0 Å². The average Bonchev–Trinajstić information content (AvgIpc) is 3.62. The number of nitrogens with zero attached hydrogens (tertiary/aromatic N) is 4. The van der Waals surface area contributed by atoms with Gasteiger partial charge in [0.2, 0.25) is 5.91 Å². The lowest BCUT2D eigenvalue weighted by Crippen LogP contribution is -2.32. The Hall–Kier alpha value is -4.72. The summed E-state index contributed by atoms with van der Waals surface area (Å²) in [6, 6.07) is 25.7. The van der Waals surface area contributed by atoms with E-state index in [1.54, 1.807) is 0 Å². The largest absolute Gasteiger partial charge is 0.488 e. The predicted molar refractivity (Wildman–Crippen MR) is 148 cm³/mol. The quantitative estimate of drug-likeness (QED) is 0.271. The lowest BCUT2D eigenvalue weighted by molar-refractivity contribution is -0.123. The van der Waals surface area contributed by atoms with Crippen molar-refractivity contribution < 1.29 is 9.53 Å². The summed E-state index contributed by atoms with van der Waals surface area (Å²) in [4.78, 5) is 13.2. The standard InChI is InChI=1S/C30H30N6O2/c1-21(29-32-34-35-33-29)18-25-19-36(22(2)30(37)31-17-16-23-10-5-3-6-11-23)26-14-9-15-27(28(25)26)38-20-24-12-7-4-8-13-24/h3-15,18-19,22H,16-17,20H2,1-2H3,(H,31,37)(H,32,33,34,35). The van der Waals surface area contributed by atoms with Gasteiger partial charge in [0.05, 0.1) is 5.52 Å². The van der Waals surface area contributed by atoms with E-state index >= 15 is 0 Å². The van der Waals surface area contributed by atoms with Crippen LogP contribution in [-0.2, 0) is 17.8 Å². The summed E-state index contributed by atoms with van der Waals surface area (Å²) < 4.78 is 8.29. The van der Waals surface area contributed by atoms with Crippen molar-refractivity contribution in [1.29, 1.82) is 0 Å². The van der Waals surface area contributed by atoms with E-state index in [2.05, 4.69) is 38.1 Å². The number of aromatic amines is 1. The normalized spacial score (nSPS) is 12.4. The maximum Gasteiger partial charge on any atom is 0.242 e. The van der Waals surface area contributed by atoms with Gasteiger partial charge in [0.15, 0.2) is 5.82 Å². The zero-order valence-corrected chi connectivity index (χ0v) is 21.5. The second kappa shape index (κ2) is 11.6. The Morgan fingerprint density at radius 1 is 1.03 bits per heavy atom. The first-order valence-corrected chi connectivity index (χ1v) is 12.6. The van der Waals surface area contributed by atoms with Crippen molar-refractivity contribution in [3.05, 3.63) is 108 Å². The van der Waals surface area contributed by atoms with Crippen LogP contribution >= 0.6 is 0 Å². The summed E-state index contributed by atoms with van der Waals surface area (Å²) in [5.41, 5.74) is 4.94. The van der Waals surface area contributed by atoms with E-state index in [0.29, 0.717) is 19.0 Å². The first-order valence-electron chi connectivity index (χ1n) is 12.6. The van der Waals surface area contributed by atoms with E-state index in [-0.39, 0.29) is 5.91 Å². The van der Waals surface area contributed by atoms with Gasteiger partial charge in [-0.15, -0.1) is 10.2 Å². The minimum absolute atomic E-state index is 0.0427. The molecule has 0 aliphatic rings. The number of amides is 1. The topological polar surface area (TPSA) is 97.7 Å². The lowest BCUT2D eigenvalue weighted by atomic mass is 10.1. The number of tetrazole rings is 1. The molecule has 1 amide bonds. The summed E-state index contributed by atoms with van der Waals surface area (Å²) in [7, 11) is 0. The Balaban J connectivity index is 1.45. The molecule has 0 saturated heterocycles. The van der Waals surface area contributed by atoms with Crippen LogP contribution in [0.15, 0.2) is 85.1 Å². The molecule has 1 atom stereocenters. The van der Waals surface area contributed by atoms with Gasteiger partial charge in [-0.3, -0.25) is 4.79 Å². The van der Waals surface area contributed by atoms with Crippen LogP contribution in [0.1, 0.15) is 42.4 Å². The molecule has 0 radical (unpaired) electrons. The molecule has 8 heteroatoms. The van der Waals surface area contributed by atoms with Crippen molar-refractivity contribution >= 4 is 28.5 Å². The van der Waals surface area contributed by atoms with E-state index in [1.807, 2.05) is 97.4 Å². The number of H-pyrrole nitrogens is 1. The van der Waals surface area contributed by atoms with E-state index in [1.165, 1.54) is 5.56 Å². The van der Waals surface area contributed by atoms with Gasteiger partial charge in [-0.1, -0.05) is 66.7 Å². The zero-order valence-electron chi connectivity index (χ0n) is 21.5. The molecule has 5 rings (SSSR count). The molecule has 2 aromatic heterocycles. The van der Waals surface area contributed by atoms with Gasteiger partial charge in [-0.25, -0.2) is 0 Å². The third kappa shape index (κ3) is 5.64. The van der Waals surface area contributed by atoms with E-state index in [9.17, 15) is 4.79 Å². The number of hydrogen-bond acceptors (Lipinski definition) is 5. The van der Waals surface area contributed by atoms with Crippen LogP contribution in [0.4, 0.5) is 0 Å². The smallest absolute Gasteiger partial charge is 0.242 e. The van der Waals surface area contributed by atoms with Gasteiger partial charge in [-0.2, -0.15) is 5.21 Å². The number of benzene rings is 3. The van der Waals surface area contributed by atoms with Crippen LogP contribution < -0.4 is 10.1 Å². The fourth-order valence-electron chi connectivity index (χ4n) is 4.47. The molecule has 0 bridgehead atoms. The molecule has 0 saturated carbocycles. The fourth-order valence-corrected chi connectivity index (χ4v) is 4.47. The van der Waals surface area contributed by atoms with Crippen LogP contribution in [0, 0.1) is 0 Å². The van der Waals surface area contributed by atoms with Gasteiger partial charge in [0, 0.05) is 23.7 Å². The number of carbonyl (C=O) groups is 1. The van der Waals surface area contributed by atoms with E-state index in [4.69, 9.17) is 4.74 Å². The fraction of sp³-hybridized carbons (Fsp3) is 0.200. The summed E-state index contributed by atoms with van der Waals surface area (Å²) >= 11 is 0. The highest BCUT2D eigenvalue weighted by Crippen LogP contribution is 2.35. The van der Waals surface area contributed by atoms with Gasteiger partial charge in [0.1, 0.15) is 18.4 Å².